The first-order valence-electron chi connectivity index (χ1n) is 6.72. The van der Waals surface area contributed by atoms with Gasteiger partial charge >= 0.3 is 0 Å². The van der Waals surface area contributed by atoms with Crippen molar-refractivity contribution < 1.29 is 9.59 Å². The van der Waals surface area contributed by atoms with Gasteiger partial charge in [-0.25, -0.2) is 0 Å². The van der Waals surface area contributed by atoms with E-state index in [0.29, 0.717) is 22.7 Å². The van der Waals surface area contributed by atoms with Gasteiger partial charge in [0.25, 0.3) is 5.91 Å². The number of benzene rings is 1. The largest absolute Gasteiger partial charge is 0.355 e. The van der Waals surface area contributed by atoms with Crippen molar-refractivity contribution >= 4 is 53.3 Å². The molecule has 0 bridgehead atoms. The van der Waals surface area contributed by atoms with Crippen molar-refractivity contribution in [1.82, 2.24) is 10.6 Å². The van der Waals surface area contributed by atoms with Crippen LogP contribution in [0.4, 0.5) is 5.69 Å². The lowest BCUT2D eigenvalue weighted by atomic mass is 10.1. The first-order chi connectivity index (χ1) is 10.1. The lowest BCUT2D eigenvalue weighted by molar-refractivity contribution is -0.116. The van der Waals surface area contributed by atoms with Crippen LogP contribution in [0, 0.1) is 0 Å². The number of amides is 2. The highest BCUT2D eigenvalue weighted by Gasteiger charge is 2.17. The van der Waals surface area contributed by atoms with Gasteiger partial charge < -0.3 is 16.0 Å². The minimum atomic E-state index is -0.249. The zero-order valence-electron chi connectivity index (χ0n) is 12.1. The number of hydrogen-bond acceptors (Lipinski definition) is 4. The Morgan fingerprint density at radius 2 is 2.23 bits per heavy atom. The van der Waals surface area contributed by atoms with E-state index in [9.17, 15) is 9.59 Å². The Hall–Kier alpha value is -0.950. The van der Waals surface area contributed by atoms with Gasteiger partial charge in [0.1, 0.15) is 0 Å². The van der Waals surface area contributed by atoms with Crippen LogP contribution in [-0.2, 0) is 4.79 Å². The Bertz CT molecular complexity index is 537. The monoisotopic (exact) mass is 363 g/mol. The minimum Gasteiger partial charge on any atom is -0.355 e. The zero-order chi connectivity index (χ0) is 15.2. The third-order valence-electron chi connectivity index (χ3n) is 3.15. The molecular weight excluding hydrogens is 345 g/mol. The van der Waals surface area contributed by atoms with Crippen molar-refractivity contribution in [2.75, 3.05) is 30.4 Å². The van der Waals surface area contributed by atoms with Crippen LogP contribution in [0.15, 0.2) is 18.2 Å². The number of nitrogens with one attached hydrogen (secondary N) is 3. The number of rotatable bonds is 4. The van der Waals surface area contributed by atoms with Crippen LogP contribution in [-0.4, -0.2) is 43.0 Å². The number of thioether (sulfide) groups is 1. The summed E-state index contributed by atoms with van der Waals surface area (Å²) < 4.78 is 0. The van der Waals surface area contributed by atoms with E-state index in [-0.39, 0.29) is 30.3 Å². The first kappa shape index (κ1) is 19.1. The fraction of sp³-hybridized carbons (Fsp3) is 0.429. The van der Waals surface area contributed by atoms with E-state index < -0.39 is 0 Å². The lowest BCUT2D eigenvalue weighted by Gasteiger charge is -2.22. The molecule has 1 aromatic rings. The van der Waals surface area contributed by atoms with Crippen molar-refractivity contribution in [2.24, 2.45) is 0 Å². The van der Waals surface area contributed by atoms with Gasteiger partial charge in [-0.2, -0.15) is 11.8 Å². The Kier molecular flexibility index (Phi) is 8.03. The maximum Gasteiger partial charge on any atom is 0.252 e. The highest BCUT2D eigenvalue weighted by molar-refractivity contribution is 7.99. The van der Waals surface area contributed by atoms with E-state index in [0.717, 1.165) is 18.1 Å². The number of anilines is 1. The van der Waals surface area contributed by atoms with Gasteiger partial charge in [0.15, 0.2) is 0 Å². The maximum absolute atomic E-state index is 12.0. The molecule has 0 spiro atoms. The van der Waals surface area contributed by atoms with E-state index in [1.807, 2.05) is 11.8 Å². The number of hydrogen-bond donors (Lipinski definition) is 3. The van der Waals surface area contributed by atoms with Gasteiger partial charge in [-0.05, 0) is 18.2 Å². The van der Waals surface area contributed by atoms with Gasteiger partial charge in [0.2, 0.25) is 5.91 Å². The summed E-state index contributed by atoms with van der Waals surface area (Å²) in [5.74, 6) is 1.73. The molecule has 5 nitrogen and oxygen atoms in total. The molecule has 22 heavy (non-hydrogen) atoms. The zero-order valence-corrected chi connectivity index (χ0v) is 14.5. The molecule has 1 atom stereocenters. The average molecular weight is 364 g/mol. The normalized spacial score (nSPS) is 17.3. The Morgan fingerprint density at radius 3 is 2.82 bits per heavy atom. The second kappa shape index (κ2) is 9.25. The molecule has 8 heteroatoms. The van der Waals surface area contributed by atoms with Crippen molar-refractivity contribution in [3.8, 4) is 0 Å². The number of carbonyl (C=O) groups excluding carboxylic acids is 2. The maximum atomic E-state index is 12.0. The first-order valence-corrected chi connectivity index (χ1v) is 8.26. The molecule has 0 aliphatic carbocycles. The Labute approximate surface area is 145 Å². The predicted octanol–water partition coefficient (Wildman–Crippen LogP) is 2.15. The summed E-state index contributed by atoms with van der Waals surface area (Å²) in [6.07, 6.45) is 0.432. The third kappa shape index (κ3) is 5.35. The number of halogens is 2. The Morgan fingerprint density at radius 1 is 1.45 bits per heavy atom. The van der Waals surface area contributed by atoms with Gasteiger partial charge in [0, 0.05) is 43.2 Å². The van der Waals surface area contributed by atoms with Gasteiger partial charge in [-0.15, -0.1) is 12.4 Å². The fourth-order valence-corrected chi connectivity index (χ4v) is 3.31. The van der Waals surface area contributed by atoms with E-state index >= 15 is 0 Å². The molecule has 0 aromatic heterocycles. The van der Waals surface area contributed by atoms with Gasteiger partial charge in [-0.1, -0.05) is 11.6 Å². The summed E-state index contributed by atoms with van der Waals surface area (Å²) in [6, 6.07) is 5.08. The third-order valence-corrected chi connectivity index (χ3v) is 4.60. The SMILES string of the molecule is CNC(=O)c1ccc(NC(=O)CC2CSCCN2)cc1Cl.Cl. The van der Waals surface area contributed by atoms with E-state index in [4.69, 9.17) is 11.6 Å². The lowest BCUT2D eigenvalue weighted by Crippen LogP contribution is -2.39. The highest BCUT2D eigenvalue weighted by atomic mass is 35.5. The molecule has 2 amide bonds. The second-order valence-electron chi connectivity index (χ2n) is 4.75. The average Bonchev–Trinajstić information content (AvgIpc) is 2.47. The van der Waals surface area contributed by atoms with Crippen molar-refractivity contribution in [3.63, 3.8) is 0 Å². The molecule has 1 aliphatic heterocycles. The Balaban J connectivity index is 0.00000242. The van der Waals surface area contributed by atoms with Crippen LogP contribution in [0.25, 0.3) is 0 Å². The van der Waals surface area contributed by atoms with E-state index in [1.165, 1.54) is 0 Å². The standard InChI is InChI=1S/C14H18ClN3O2S.ClH/c1-16-14(20)11-3-2-9(6-12(11)15)18-13(19)7-10-8-21-5-4-17-10;/h2-3,6,10,17H,4-5,7-8H2,1H3,(H,16,20)(H,18,19);1H. The summed E-state index contributed by atoms with van der Waals surface area (Å²) in [5.41, 5.74) is 0.989. The topological polar surface area (TPSA) is 70.2 Å². The molecule has 0 radical (unpaired) electrons. The summed E-state index contributed by atoms with van der Waals surface area (Å²) >= 11 is 7.90. The van der Waals surface area contributed by atoms with Crippen LogP contribution >= 0.6 is 35.8 Å². The molecule has 2 rings (SSSR count). The predicted molar refractivity (Wildman–Crippen MR) is 94.5 cm³/mol. The minimum absolute atomic E-state index is 0. The fourth-order valence-electron chi connectivity index (χ4n) is 2.10. The van der Waals surface area contributed by atoms with Gasteiger partial charge in [-0.3, -0.25) is 9.59 Å². The van der Waals surface area contributed by atoms with Crippen molar-refractivity contribution in [3.05, 3.63) is 28.8 Å². The smallest absolute Gasteiger partial charge is 0.252 e. The van der Waals surface area contributed by atoms with Crippen LogP contribution in [0.3, 0.4) is 0 Å². The molecule has 122 valence electrons. The summed E-state index contributed by atoms with van der Waals surface area (Å²) in [4.78, 5) is 23.5. The second-order valence-corrected chi connectivity index (χ2v) is 6.31. The highest BCUT2D eigenvalue weighted by Crippen LogP contribution is 2.21. The molecule has 1 saturated heterocycles. The summed E-state index contributed by atoms with van der Waals surface area (Å²) in [5, 5.41) is 8.96. The number of carbonyl (C=O) groups is 2. The molecule has 1 unspecified atom stereocenters. The molecule has 1 fully saturated rings. The van der Waals surface area contributed by atoms with Crippen LogP contribution in [0.1, 0.15) is 16.8 Å². The summed E-state index contributed by atoms with van der Waals surface area (Å²) in [6.45, 7) is 0.940. The van der Waals surface area contributed by atoms with Crippen molar-refractivity contribution in [2.45, 2.75) is 12.5 Å². The van der Waals surface area contributed by atoms with E-state index in [2.05, 4.69) is 16.0 Å². The van der Waals surface area contributed by atoms with Crippen molar-refractivity contribution in [1.29, 1.82) is 0 Å². The molecular formula is C14H19Cl2N3O2S. The molecule has 1 aromatic carbocycles. The van der Waals surface area contributed by atoms with E-state index in [1.54, 1.807) is 25.2 Å². The van der Waals surface area contributed by atoms with Gasteiger partial charge in [0.05, 0.1) is 10.6 Å². The molecule has 1 aliphatic rings. The molecule has 0 saturated carbocycles. The van der Waals surface area contributed by atoms with Crippen LogP contribution < -0.4 is 16.0 Å². The molecule has 3 N–H and O–H groups in total. The quantitative estimate of drug-likeness (QED) is 0.766. The summed E-state index contributed by atoms with van der Waals surface area (Å²) in [7, 11) is 1.55. The van der Waals surface area contributed by atoms with Crippen LogP contribution in [0.5, 0.6) is 0 Å². The van der Waals surface area contributed by atoms with Crippen LogP contribution in [0.2, 0.25) is 5.02 Å². The molecule has 1 heterocycles.